The zero-order valence-electron chi connectivity index (χ0n) is 14.1. The van der Waals surface area contributed by atoms with Gasteiger partial charge in [-0.25, -0.2) is 4.79 Å². The van der Waals surface area contributed by atoms with Gasteiger partial charge < -0.3 is 19.8 Å². The molecule has 3 rings (SSSR count). The molecule has 1 aromatic carbocycles. The van der Waals surface area contributed by atoms with Crippen LogP contribution in [0.4, 0.5) is 5.69 Å². The highest BCUT2D eigenvalue weighted by Crippen LogP contribution is 2.31. The van der Waals surface area contributed by atoms with Gasteiger partial charge in [0.2, 0.25) is 5.91 Å². The van der Waals surface area contributed by atoms with Crippen LogP contribution in [-0.4, -0.2) is 29.6 Å². The minimum atomic E-state index is -0.958. The summed E-state index contributed by atoms with van der Waals surface area (Å²) in [6, 6.07) is 8.42. The summed E-state index contributed by atoms with van der Waals surface area (Å²) in [5.41, 5.74) is 0.860. The summed E-state index contributed by atoms with van der Waals surface area (Å²) in [6.45, 7) is 1.71. The lowest BCUT2D eigenvalue weighted by Gasteiger charge is -2.14. The first kappa shape index (κ1) is 18.1. The van der Waals surface area contributed by atoms with Gasteiger partial charge in [-0.2, -0.15) is 0 Å². The van der Waals surface area contributed by atoms with Crippen LogP contribution in [0.15, 0.2) is 45.9 Å². The SMILES string of the molecule is C[C@@H](OC(=O)c1ccc2c(c1)NC(=O)CCS2)C(=O)NCc1ccco1. The third-order valence-electron chi connectivity index (χ3n) is 3.75. The Labute approximate surface area is 154 Å². The predicted molar refractivity (Wildman–Crippen MR) is 95.8 cm³/mol. The number of hydrogen-bond acceptors (Lipinski definition) is 6. The second kappa shape index (κ2) is 8.09. The number of hydrogen-bond donors (Lipinski definition) is 2. The van der Waals surface area contributed by atoms with E-state index in [-0.39, 0.29) is 18.0 Å². The summed E-state index contributed by atoms with van der Waals surface area (Å²) in [4.78, 5) is 36.9. The predicted octanol–water partition coefficient (Wildman–Crippen LogP) is 2.58. The van der Waals surface area contributed by atoms with E-state index < -0.39 is 18.0 Å². The smallest absolute Gasteiger partial charge is 0.338 e. The van der Waals surface area contributed by atoms with Crippen molar-refractivity contribution in [3.63, 3.8) is 0 Å². The topological polar surface area (TPSA) is 97.6 Å². The van der Waals surface area contributed by atoms with E-state index in [1.165, 1.54) is 13.2 Å². The Hall–Kier alpha value is -2.74. The first-order valence-corrected chi connectivity index (χ1v) is 9.09. The molecule has 7 nitrogen and oxygen atoms in total. The molecular weight excluding hydrogens is 356 g/mol. The van der Waals surface area contributed by atoms with Crippen LogP contribution in [0.25, 0.3) is 0 Å². The molecule has 0 saturated heterocycles. The lowest BCUT2D eigenvalue weighted by atomic mass is 10.2. The third-order valence-corrected chi connectivity index (χ3v) is 4.82. The molecule has 26 heavy (non-hydrogen) atoms. The average Bonchev–Trinajstić information content (AvgIpc) is 3.07. The van der Waals surface area contributed by atoms with Gasteiger partial charge in [-0.15, -0.1) is 11.8 Å². The first-order chi connectivity index (χ1) is 12.5. The molecule has 2 heterocycles. The Morgan fingerprint density at radius 2 is 2.23 bits per heavy atom. The van der Waals surface area contributed by atoms with E-state index in [9.17, 15) is 14.4 Å². The van der Waals surface area contributed by atoms with E-state index in [1.54, 1.807) is 42.1 Å². The summed E-state index contributed by atoms with van der Waals surface area (Å²) in [6.07, 6.45) is 0.979. The number of carbonyl (C=O) groups is 3. The van der Waals surface area contributed by atoms with Gasteiger partial charge in [-0.1, -0.05) is 0 Å². The van der Waals surface area contributed by atoms with Gasteiger partial charge in [-0.3, -0.25) is 9.59 Å². The number of thioether (sulfide) groups is 1. The van der Waals surface area contributed by atoms with Crippen LogP contribution in [0.2, 0.25) is 0 Å². The molecule has 2 N–H and O–H groups in total. The van der Waals surface area contributed by atoms with Crippen LogP contribution in [0.5, 0.6) is 0 Å². The van der Waals surface area contributed by atoms with Crippen LogP contribution >= 0.6 is 11.8 Å². The minimum Gasteiger partial charge on any atom is -0.467 e. The van der Waals surface area contributed by atoms with E-state index in [4.69, 9.17) is 9.15 Å². The Bertz CT molecular complexity index is 819. The molecule has 0 fully saturated rings. The standard InChI is InChI=1S/C18H18N2O5S/c1-11(17(22)19-10-13-3-2-7-24-13)25-18(23)12-4-5-15-14(9-12)20-16(21)6-8-26-15/h2-5,7,9,11H,6,8,10H2,1H3,(H,19,22)(H,20,21)/t11-/m1/s1. The number of amides is 2. The molecule has 0 unspecified atom stereocenters. The zero-order valence-corrected chi connectivity index (χ0v) is 14.9. The summed E-state index contributed by atoms with van der Waals surface area (Å²) in [5.74, 6) is 0.156. The van der Waals surface area contributed by atoms with Crippen LogP contribution in [0, 0.1) is 0 Å². The summed E-state index contributed by atoms with van der Waals surface area (Å²) < 4.78 is 10.3. The fraction of sp³-hybridized carbons (Fsp3) is 0.278. The molecule has 0 aliphatic carbocycles. The number of furan rings is 1. The van der Waals surface area contributed by atoms with Gasteiger partial charge in [0.05, 0.1) is 24.1 Å². The van der Waals surface area contributed by atoms with Crippen molar-refractivity contribution in [3.05, 3.63) is 47.9 Å². The fourth-order valence-corrected chi connectivity index (χ4v) is 3.30. The van der Waals surface area contributed by atoms with Crippen molar-refractivity contribution in [2.24, 2.45) is 0 Å². The highest BCUT2D eigenvalue weighted by atomic mass is 32.2. The summed E-state index contributed by atoms with van der Waals surface area (Å²) >= 11 is 1.55. The molecule has 0 bridgehead atoms. The molecule has 1 aromatic heterocycles. The van der Waals surface area contributed by atoms with Crippen molar-refractivity contribution >= 4 is 35.2 Å². The maximum absolute atomic E-state index is 12.3. The molecule has 136 valence electrons. The van der Waals surface area contributed by atoms with Crippen molar-refractivity contribution in [2.75, 3.05) is 11.1 Å². The van der Waals surface area contributed by atoms with E-state index >= 15 is 0 Å². The summed E-state index contributed by atoms with van der Waals surface area (Å²) in [5, 5.41) is 5.41. The molecule has 1 atom stereocenters. The highest BCUT2D eigenvalue weighted by Gasteiger charge is 2.21. The van der Waals surface area contributed by atoms with Crippen LogP contribution in [0.3, 0.4) is 0 Å². The van der Waals surface area contributed by atoms with Gasteiger partial charge >= 0.3 is 5.97 Å². The molecular formula is C18H18N2O5S. The Morgan fingerprint density at radius 1 is 1.38 bits per heavy atom. The Kier molecular flexibility index (Phi) is 5.62. The summed E-state index contributed by atoms with van der Waals surface area (Å²) in [7, 11) is 0. The van der Waals surface area contributed by atoms with Gasteiger partial charge in [-0.05, 0) is 37.3 Å². The number of carbonyl (C=O) groups excluding carboxylic acids is 3. The quantitative estimate of drug-likeness (QED) is 0.781. The highest BCUT2D eigenvalue weighted by molar-refractivity contribution is 7.99. The lowest BCUT2D eigenvalue weighted by molar-refractivity contribution is -0.129. The minimum absolute atomic E-state index is 0.0903. The number of fused-ring (bicyclic) bond motifs is 1. The van der Waals surface area contributed by atoms with Gasteiger partial charge in [0.15, 0.2) is 6.10 Å². The second-order valence-corrected chi connectivity index (χ2v) is 6.84. The maximum Gasteiger partial charge on any atom is 0.338 e. The van der Waals surface area contributed by atoms with Crippen molar-refractivity contribution in [1.82, 2.24) is 5.32 Å². The zero-order chi connectivity index (χ0) is 18.5. The van der Waals surface area contributed by atoms with Crippen molar-refractivity contribution in [2.45, 2.75) is 30.9 Å². The van der Waals surface area contributed by atoms with E-state index in [0.717, 1.165) is 4.90 Å². The molecule has 1 aliphatic rings. The number of rotatable bonds is 5. The molecule has 0 spiro atoms. The van der Waals surface area contributed by atoms with Crippen molar-refractivity contribution in [1.29, 1.82) is 0 Å². The van der Waals surface area contributed by atoms with Crippen LogP contribution < -0.4 is 10.6 Å². The maximum atomic E-state index is 12.3. The normalized spacial score (nSPS) is 14.6. The molecule has 2 aromatic rings. The number of esters is 1. The number of benzene rings is 1. The van der Waals surface area contributed by atoms with Crippen molar-refractivity contribution < 1.29 is 23.5 Å². The second-order valence-electron chi connectivity index (χ2n) is 5.70. The van der Waals surface area contributed by atoms with Crippen LogP contribution in [-0.2, 0) is 20.9 Å². The number of anilines is 1. The molecule has 0 radical (unpaired) electrons. The van der Waals surface area contributed by atoms with E-state index in [1.807, 2.05) is 0 Å². The fourth-order valence-electron chi connectivity index (χ4n) is 2.36. The number of nitrogens with one attached hydrogen (secondary N) is 2. The molecule has 2 amide bonds. The van der Waals surface area contributed by atoms with Gasteiger partial charge in [0.25, 0.3) is 5.91 Å². The lowest BCUT2D eigenvalue weighted by Crippen LogP contribution is -2.35. The average molecular weight is 374 g/mol. The van der Waals surface area contributed by atoms with Crippen LogP contribution in [0.1, 0.15) is 29.5 Å². The van der Waals surface area contributed by atoms with Gasteiger partial charge in [0.1, 0.15) is 5.76 Å². The molecule has 8 heteroatoms. The largest absolute Gasteiger partial charge is 0.467 e. The number of ether oxygens (including phenoxy) is 1. The Balaban J connectivity index is 1.60. The molecule has 1 aliphatic heterocycles. The van der Waals surface area contributed by atoms with E-state index in [0.29, 0.717) is 23.6 Å². The monoisotopic (exact) mass is 374 g/mol. The third kappa shape index (κ3) is 4.45. The Morgan fingerprint density at radius 3 is 3.00 bits per heavy atom. The van der Waals surface area contributed by atoms with Gasteiger partial charge in [0, 0.05) is 17.1 Å². The first-order valence-electron chi connectivity index (χ1n) is 8.10. The van der Waals surface area contributed by atoms with Crippen molar-refractivity contribution in [3.8, 4) is 0 Å². The molecule has 0 saturated carbocycles. The van der Waals surface area contributed by atoms with E-state index in [2.05, 4.69) is 10.6 Å².